The van der Waals surface area contributed by atoms with Crippen molar-refractivity contribution < 1.29 is 26.7 Å². The quantitative estimate of drug-likeness (QED) is 0.752. The van der Waals surface area contributed by atoms with Crippen LogP contribution in [0.3, 0.4) is 0 Å². The molecule has 0 aromatic heterocycles. The molecule has 0 fully saturated rings. The molecule has 0 saturated carbocycles. The van der Waals surface area contributed by atoms with Crippen molar-refractivity contribution in [3.05, 3.63) is 35.4 Å². The van der Waals surface area contributed by atoms with Crippen LogP contribution in [0.4, 0.5) is 0 Å². The number of nitrogens with one attached hydrogen (secondary N) is 1. The highest BCUT2D eigenvalue weighted by Gasteiger charge is 2.17. The maximum absolute atomic E-state index is 11.4. The molecule has 0 bridgehead atoms. The highest BCUT2D eigenvalue weighted by atomic mass is 32.3. The van der Waals surface area contributed by atoms with Crippen LogP contribution in [-0.2, 0) is 26.4 Å². The average molecular weight is 307 g/mol. The van der Waals surface area contributed by atoms with Crippen molar-refractivity contribution in [2.24, 2.45) is 0 Å². The van der Waals surface area contributed by atoms with Crippen molar-refractivity contribution in [1.29, 1.82) is 0 Å². The standard InChI is InChI=1S/C10H13NO6S2/c1-18(14,15)7-19(16,17)11-6-8-3-2-4-9(5-8)10(12)13/h2-5,11H,6-7H2,1H3,(H,12,13). The second-order valence-corrected chi connectivity index (χ2v) is 8.30. The van der Waals surface area contributed by atoms with E-state index < -0.39 is 30.9 Å². The molecule has 1 aromatic rings. The molecule has 0 aliphatic heterocycles. The van der Waals surface area contributed by atoms with Gasteiger partial charge in [-0.15, -0.1) is 0 Å². The number of rotatable bonds is 6. The SMILES string of the molecule is CS(=O)(=O)CS(=O)(=O)NCc1cccc(C(=O)O)c1. The van der Waals surface area contributed by atoms with E-state index in [9.17, 15) is 21.6 Å². The van der Waals surface area contributed by atoms with Gasteiger partial charge in [-0.2, -0.15) is 0 Å². The first-order valence-electron chi connectivity index (χ1n) is 5.06. The summed E-state index contributed by atoms with van der Waals surface area (Å²) in [5.41, 5.74) is 0.455. The van der Waals surface area contributed by atoms with Crippen molar-refractivity contribution >= 4 is 25.8 Å². The van der Waals surface area contributed by atoms with Crippen molar-refractivity contribution in [3.63, 3.8) is 0 Å². The summed E-state index contributed by atoms with van der Waals surface area (Å²) in [6.07, 6.45) is 0.817. The van der Waals surface area contributed by atoms with E-state index in [4.69, 9.17) is 5.11 Å². The first-order chi connectivity index (χ1) is 8.59. The van der Waals surface area contributed by atoms with Gasteiger partial charge in [-0.1, -0.05) is 12.1 Å². The Morgan fingerprint density at radius 2 is 1.89 bits per heavy atom. The maximum atomic E-state index is 11.4. The number of hydrogen-bond acceptors (Lipinski definition) is 5. The van der Waals surface area contributed by atoms with E-state index in [1.165, 1.54) is 24.3 Å². The first-order valence-corrected chi connectivity index (χ1v) is 8.78. The summed E-state index contributed by atoms with van der Waals surface area (Å²) in [7, 11) is -7.61. The van der Waals surface area contributed by atoms with Gasteiger partial charge >= 0.3 is 5.97 Å². The van der Waals surface area contributed by atoms with Gasteiger partial charge in [0.15, 0.2) is 14.9 Å². The van der Waals surface area contributed by atoms with Gasteiger partial charge in [0.1, 0.15) is 0 Å². The highest BCUT2D eigenvalue weighted by Crippen LogP contribution is 2.06. The Hall–Kier alpha value is -1.45. The van der Waals surface area contributed by atoms with Gasteiger partial charge < -0.3 is 5.11 Å². The number of sulfone groups is 1. The topological polar surface area (TPSA) is 118 Å². The molecule has 0 radical (unpaired) electrons. The van der Waals surface area contributed by atoms with Gasteiger partial charge in [0.2, 0.25) is 10.0 Å². The molecular weight excluding hydrogens is 294 g/mol. The highest BCUT2D eigenvalue weighted by molar-refractivity contribution is 8.06. The Bertz CT molecular complexity index is 678. The molecule has 1 aromatic carbocycles. The van der Waals surface area contributed by atoms with E-state index in [2.05, 4.69) is 4.72 Å². The summed E-state index contributed by atoms with van der Waals surface area (Å²) < 4.78 is 46.8. The second kappa shape index (κ2) is 5.68. The van der Waals surface area contributed by atoms with Crippen LogP contribution in [0.15, 0.2) is 24.3 Å². The van der Waals surface area contributed by atoms with E-state index >= 15 is 0 Å². The molecule has 0 amide bonds. The summed E-state index contributed by atoms with van der Waals surface area (Å²) in [6, 6.07) is 5.70. The third-order valence-corrected chi connectivity index (χ3v) is 5.58. The average Bonchev–Trinajstić information content (AvgIpc) is 2.24. The summed E-state index contributed by atoms with van der Waals surface area (Å²) in [6.45, 7) is -0.168. The molecule has 0 unspecified atom stereocenters. The fraction of sp³-hybridized carbons (Fsp3) is 0.300. The van der Waals surface area contributed by atoms with Crippen LogP contribution >= 0.6 is 0 Å². The molecule has 19 heavy (non-hydrogen) atoms. The van der Waals surface area contributed by atoms with Crippen LogP contribution in [0.1, 0.15) is 15.9 Å². The molecule has 0 atom stereocenters. The predicted octanol–water partition coefficient (Wildman–Crippen LogP) is -0.194. The molecule has 7 nitrogen and oxygen atoms in total. The lowest BCUT2D eigenvalue weighted by Gasteiger charge is -2.06. The lowest BCUT2D eigenvalue weighted by Crippen LogP contribution is -2.29. The molecule has 0 aliphatic rings. The minimum absolute atomic E-state index is 0.0276. The monoisotopic (exact) mass is 307 g/mol. The normalized spacial score (nSPS) is 12.3. The lowest BCUT2D eigenvalue weighted by molar-refractivity contribution is 0.0696. The van der Waals surface area contributed by atoms with Gasteiger partial charge in [-0.3, -0.25) is 0 Å². The molecule has 0 saturated heterocycles. The summed E-state index contributed by atoms with van der Waals surface area (Å²) in [4.78, 5) is 10.7. The van der Waals surface area contributed by atoms with E-state index in [1.54, 1.807) is 0 Å². The predicted molar refractivity (Wildman–Crippen MR) is 68.9 cm³/mol. The minimum atomic E-state index is -3.96. The number of aromatic carboxylic acids is 1. The van der Waals surface area contributed by atoms with Crippen LogP contribution in [0.2, 0.25) is 0 Å². The van der Waals surface area contributed by atoms with E-state index in [0.717, 1.165) is 6.26 Å². The summed E-state index contributed by atoms with van der Waals surface area (Å²) >= 11 is 0. The molecule has 0 spiro atoms. The molecular formula is C10H13NO6S2. The largest absolute Gasteiger partial charge is 0.478 e. The van der Waals surface area contributed by atoms with E-state index in [-0.39, 0.29) is 12.1 Å². The Morgan fingerprint density at radius 1 is 1.26 bits per heavy atom. The Balaban J connectivity index is 2.77. The molecule has 0 aliphatic carbocycles. The van der Waals surface area contributed by atoms with Crippen molar-refractivity contribution in [2.75, 3.05) is 11.3 Å². The third-order valence-electron chi connectivity index (χ3n) is 2.04. The van der Waals surface area contributed by atoms with Crippen molar-refractivity contribution in [1.82, 2.24) is 4.72 Å². The van der Waals surface area contributed by atoms with Crippen molar-refractivity contribution in [2.45, 2.75) is 6.54 Å². The second-order valence-electron chi connectivity index (χ2n) is 3.98. The van der Waals surface area contributed by atoms with Crippen LogP contribution in [0, 0.1) is 0 Å². The van der Waals surface area contributed by atoms with Crippen molar-refractivity contribution in [3.8, 4) is 0 Å². The number of carboxylic acid groups (broad SMARTS) is 1. The van der Waals surface area contributed by atoms with Crippen LogP contribution in [0.5, 0.6) is 0 Å². The zero-order valence-electron chi connectivity index (χ0n) is 10.0. The van der Waals surface area contributed by atoms with Gasteiger partial charge in [0.25, 0.3) is 0 Å². The maximum Gasteiger partial charge on any atom is 0.335 e. The molecule has 0 heterocycles. The molecule has 2 N–H and O–H groups in total. The zero-order chi connectivity index (χ0) is 14.7. The van der Waals surface area contributed by atoms with Crippen LogP contribution in [0.25, 0.3) is 0 Å². The Kier molecular flexibility index (Phi) is 4.66. The van der Waals surface area contributed by atoms with Crippen LogP contribution in [-0.4, -0.2) is 39.3 Å². The molecule has 1 rings (SSSR count). The van der Waals surface area contributed by atoms with E-state index in [1.807, 2.05) is 0 Å². The van der Waals surface area contributed by atoms with Gasteiger partial charge in [-0.25, -0.2) is 26.4 Å². The minimum Gasteiger partial charge on any atom is -0.478 e. The number of hydrogen-bond donors (Lipinski definition) is 2. The fourth-order valence-electron chi connectivity index (χ4n) is 1.33. The van der Waals surface area contributed by atoms with Gasteiger partial charge in [0, 0.05) is 12.8 Å². The smallest absolute Gasteiger partial charge is 0.335 e. The Morgan fingerprint density at radius 3 is 2.42 bits per heavy atom. The number of carboxylic acids is 1. The third kappa shape index (κ3) is 5.81. The number of benzene rings is 1. The number of sulfonamides is 1. The van der Waals surface area contributed by atoms with Gasteiger partial charge in [0.05, 0.1) is 5.56 Å². The van der Waals surface area contributed by atoms with E-state index in [0.29, 0.717) is 5.56 Å². The summed E-state index contributed by atoms with van der Waals surface area (Å²) in [5, 5.41) is 7.77. The lowest BCUT2D eigenvalue weighted by atomic mass is 10.1. The summed E-state index contributed by atoms with van der Waals surface area (Å²) in [5.74, 6) is -1.12. The number of carbonyl (C=O) groups is 1. The Labute approximate surface area is 111 Å². The van der Waals surface area contributed by atoms with Crippen LogP contribution < -0.4 is 4.72 Å². The molecule has 106 valence electrons. The fourth-order valence-corrected chi connectivity index (χ4v) is 4.31. The zero-order valence-corrected chi connectivity index (χ0v) is 11.7. The van der Waals surface area contributed by atoms with Gasteiger partial charge in [-0.05, 0) is 17.7 Å². The first kappa shape index (κ1) is 15.6. The molecule has 9 heteroatoms.